The number of methoxy groups -OCH3 is 1. The summed E-state index contributed by atoms with van der Waals surface area (Å²) in [5.41, 5.74) is 0.813. The molecule has 4 heteroatoms. The van der Waals surface area contributed by atoms with E-state index in [9.17, 15) is 9.90 Å². The Morgan fingerprint density at radius 2 is 1.84 bits per heavy atom. The first-order chi connectivity index (χ1) is 9.12. The van der Waals surface area contributed by atoms with Crippen molar-refractivity contribution in [1.82, 2.24) is 4.90 Å². The van der Waals surface area contributed by atoms with Gasteiger partial charge in [-0.2, -0.15) is 0 Å². The van der Waals surface area contributed by atoms with Gasteiger partial charge in [-0.1, -0.05) is 12.1 Å². The third-order valence-electron chi connectivity index (χ3n) is 3.25. The van der Waals surface area contributed by atoms with Gasteiger partial charge in [0.1, 0.15) is 5.75 Å². The predicted molar refractivity (Wildman–Crippen MR) is 75.1 cm³/mol. The summed E-state index contributed by atoms with van der Waals surface area (Å²) in [4.78, 5) is 13.6. The summed E-state index contributed by atoms with van der Waals surface area (Å²) < 4.78 is 5.07. The number of aliphatic hydroxyl groups is 1. The number of carbonyl (C=O) groups excluding carboxylic acids is 1. The number of nitrogens with zero attached hydrogens (tertiary/aromatic N) is 1. The minimum atomic E-state index is -0.606. The number of carbonyl (C=O) groups is 1. The maximum absolute atomic E-state index is 11.8. The summed E-state index contributed by atoms with van der Waals surface area (Å²) in [5, 5.41) is 10.0. The van der Waals surface area contributed by atoms with Crippen molar-refractivity contribution >= 4 is 5.91 Å². The van der Waals surface area contributed by atoms with Crippen molar-refractivity contribution in [2.45, 2.75) is 32.8 Å². The minimum absolute atomic E-state index is 0.0950. The summed E-state index contributed by atoms with van der Waals surface area (Å²) in [7, 11) is 1.61. The normalized spacial score (nSPS) is 12.0. The molecule has 0 heterocycles. The van der Waals surface area contributed by atoms with Gasteiger partial charge in [-0.05, 0) is 38.0 Å². The van der Waals surface area contributed by atoms with Crippen molar-refractivity contribution < 1.29 is 14.6 Å². The van der Waals surface area contributed by atoms with Crippen LogP contribution in [0.15, 0.2) is 24.3 Å². The standard InChI is InChI=1S/C15H23NO3/c1-4-16(5-2)15(18)11-10-14(17)12-6-8-13(19-3)9-7-12/h6-9,14,17H,4-5,10-11H2,1-3H3. The molecule has 0 aliphatic heterocycles. The molecule has 0 saturated heterocycles. The number of ether oxygens (including phenoxy) is 1. The molecule has 0 aliphatic carbocycles. The number of hydrogen-bond donors (Lipinski definition) is 1. The molecule has 1 aromatic rings. The van der Waals surface area contributed by atoms with Crippen LogP contribution in [0.2, 0.25) is 0 Å². The van der Waals surface area contributed by atoms with Crippen LogP contribution in [0.1, 0.15) is 38.4 Å². The minimum Gasteiger partial charge on any atom is -0.497 e. The lowest BCUT2D eigenvalue weighted by molar-refractivity contribution is -0.131. The molecule has 106 valence electrons. The van der Waals surface area contributed by atoms with Crippen LogP contribution in [0.3, 0.4) is 0 Å². The molecule has 1 aromatic carbocycles. The molecule has 0 fully saturated rings. The fraction of sp³-hybridized carbons (Fsp3) is 0.533. The third kappa shape index (κ3) is 4.56. The fourth-order valence-electron chi connectivity index (χ4n) is 1.99. The van der Waals surface area contributed by atoms with E-state index in [-0.39, 0.29) is 5.91 Å². The topological polar surface area (TPSA) is 49.8 Å². The Morgan fingerprint density at radius 1 is 1.26 bits per heavy atom. The Balaban J connectivity index is 2.50. The van der Waals surface area contributed by atoms with E-state index in [1.807, 2.05) is 38.1 Å². The van der Waals surface area contributed by atoms with Gasteiger partial charge < -0.3 is 14.7 Å². The van der Waals surface area contributed by atoms with E-state index < -0.39 is 6.10 Å². The highest BCUT2D eigenvalue weighted by Crippen LogP contribution is 2.21. The van der Waals surface area contributed by atoms with Crippen LogP contribution in [-0.4, -0.2) is 36.1 Å². The second-order valence-corrected chi connectivity index (χ2v) is 4.39. The molecule has 0 aromatic heterocycles. The van der Waals surface area contributed by atoms with Crippen molar-refractivity contribution in [2.75, 3.05) is 20.2 Å². The van der Waals surface area contributed by atoms with Crippen LogP contribution in [0, 0.1) is 0 Å². The molecular weight excluding hydrogens is 242 g/mol. The highest BCUT2D eigenvalue weighted by atomic mass is 16.5. The molecule has 0 saturated carbocycles. The lowest BCUT2D eigenvalue weighted by atomic mass is 10.0. The quantitative estimate of drug-likeness (QED) is 0.823. The number of amides is 1. The Hall–Kier alpha value is -1.55. The van der Waals surface area contributed by atoms with Gasteiger partial charge in [-0.25, -0.2) is 0 Å². The Bertz CT molecular complexity index is 385. The van der Waals surface area contributed by atoms with E-state index in [4.69, 9.17) is 4.74 Å². The maximum atomic E-state index is 11.8. The highest BCUT2D eigenvalue weighted by molar-refractivity contribution is 5.76. The zero-order valence-corrected chi connectivity index (χ0v) is 11.9. The van der Waals surface area contributed by atoms with E-state index in [2.05, 4.69) is 0 Å². The number of benzene rings is 1. The smallest absolute Gasteiger partial charge is 0.222 e. The molecule has 0 bridgehead atoms. The summed E-state index contributed by atoms with van der Waals surface area (Å²) in [6, 6.07) is 7.27. The number of rotatable bonds is 7. The van der Waals surface area contributed by atoms with Gasteiger partial charge in [-0.15, -0.1) is 0 Å². The van der Waals surface area contributed by atoms with Gasteiger partial charge in [0.15, 0.2) is 0 Å². The van der Waals surface area contributed by atoms with Gasteiger partial charge >= 0.3 is 0 Å². The second-order valence-electron chi connectivity index (χ2n) is 4.39. The van der Waals surface area contributed by atoms with Crippen LogP contribution < -0.4 is 4.74 Å². The molecule has 1 unspecified atom stereocenters. The molecule has 0 aliphatic rings. The number of hydrogen-bond acceptors (Lipinski definition) is 3. The van der Waals surface area contributed by atoms with Gasteiger partial charge in [0, 0.05) is 19.5 Å². The SMILES string of the molecule is CCN(CC)C(=O)CCC(O)c1ccc(OC)cc1. The lowest BCUT2D eigenvalue weighted by Gasteiger charge is -2.19. The molecule has 1 rings (SSSR count). The second kappa shape index (κ2) is 7.79. The Morgan fingerprint density at radius 3 is 2.32 bits per heavy atom. The first kappa shape index (κ1) is 15.5. The van der Waals surface area contributed by atoms with Crippen molar-refractivity contribution in [1.29, 1.82) is 0 Å². The molecular formula is C15H23NO3. The van der Waals surface area contributed by atoms with Gasteiger partial charge in [0.05, 0.1) is 13.2 Å². The van der Waals surface area contributed by atoms with Gasteiger partial charge in [0.2, 0.25) is 5.91 Å². The average molecular weight is 265 g/mol. The van der Waals surface area contributed by atoms with Gasteiger partial charge in [-0.3, -0.25) is 4.79 Å². The molecule has 1 amide bonds. The largest absolute Gasteiger partial charge is 0.497 e. The first-order valence-electron chi connectivity index (χ1n) is 6.72. The van der Waals surface area contributed by atoms with Crippen LogP contribution in [0.25, 0.3) is 0 Å². The van der Waals surface area contributed by atoms with Gasteiger partial charge in [0.25, 0.3) is 0 Å². The van der Waals surface area contributed by atoms with Crippen molar-refractivity contribution in [3.05, 3.63) is 29.8 Å². The molecule has 4 nitrogen and oxygen atoms in total. The molecule has 1 atom stereocenters. The van der Waals surface area contributed by atoms with Crippen LogP contribution in [0.4, 0.5) is 0 Å². The maximum Gasteiger partial charge on any atom is 0.222 e. The molecule has 0 spiro atoms. The van der Waals surface area contributed by atoms with Crippen LogP contribution in [-0.2, 0) is 4.79 Å². The molecule has 19 heavy (non-hydrogen) atoms. The summed E-state index contributed by atoms with van der Waals surface area (Å²) in [5.74, 6) is 0.854. The zero-order valence-electron chi connectivity index (χ0n) is 11.9. The van der Waals surface area contributed by atoms with Crippen LogP contribution >= 0.6 is 0 Å². The fourth-order valence-corrected chi connectivity index (χ4v) is 1.99. The highest BCUT2D eigenvalue weighted by Gasteiger charge is 2.13. The zero-order chi connectivity index (χ0) is 14.3. The van der Waals surface area contributed by atoms with Crippen LogP contribution in [0.5, 0.6) is 5.75 Å². The molecule has 0 radical (unpaired) electrons. The van der Waals surface area contributed by atoms with E-state index in [0.29, 0.717) is 25.9 Å². The first-order valence-corrected chi connectivity index (χ1v) is 6.72. The summed E-state index contributed by atoms with van der Waals surface area (Å²) in [6.07, 6.45) is 0.210. The lowest BCUT2D eigenvalue weighted by Crippen LogP contribution is -2.30. The Kier molecular flexibility index (Phi) is 6.36. The van der Waals surface area contributed by atoms with E-state index in [0.717, 1.165) is 11.3 Å². The molecule has 1 N–H and O–H groups in total. The summed E-state index contributed by atoms with van der Waals surface area (Å²) >= 11 is 0. The predicted octanol–water partition coefficient (Wildman–Crippen LogP) is 2.38. The average Bonchev–Trinajstić information content (AvgIpc) is 2.46. The van der Waals surface area contributed by atoms with E-state index >= 15 is 0 Å². The van der Waals surface area contributed by atoms with E-state index in [1.165, 1.54) is 0 Å². The Labute approximate surface area is 115 Å². The third-order valence-corrected chi connectivity index (χ3v) is 3.25. The monoisotopic (exact) mass is 265 g/mol. The van der Waals surface area contributed by atoms with E-state index in [1.54, 1.807) is 12.0 Å². The number of aliphatic hydroxyl groups excluding tert-OH is 1. The van der Waals surface area contributed by atoms with Crippen molar-refractivity contribution in [2.24, 2.45) is 0 Å². The van der Waals surface area contributed by atoms with Crippen molar-refractivity contribution in [3.8, 4) is 5.75 Å². The van der Waals surface area contributed by atoms with Crippen molar-refractivity contribution in [3.63, 3.8) is 0 Å². The summed E-state index contributed by atoms with van der Waals surface area (Å²) in [6.45, 7) is 5.35.